The van der Waals surface area contributed by atoms with E-state index in [-0.39, 0.29) is 29.8 Å². The van der Waals surface area contributed by atoms with E-state index in [1.54, 1.807) is 11.0 Å². The summed E-state index contributed by atoms with van der Waals surface area (Å²) in [7, 11) is 0. The summed E-state index contributed by atoms with van der Waals surface area (Å²) in [5.74, 6) is 0.406. The number of amides is 2. The third-order valence-corrected chi connectivity index (χ3v) is 5.92. The van der Waals surface area contributed by atoms with E-state index in [1.807, 2.05) is 41.0 Å². The predicted octanol–water partition coefficient (Wildman–Crippen LogP) is 2.00. The maximum atomic E-state index is 13.0. The number of aromatic nitrogens is 1. The lowest BCUT2D eigenvalue weighted by atomic mass is 10.1. The van der Waals surface area contributed by atoms with Crippen molar-refractivity contribution in [2.75, 3.05) is 37.6 Å². The van der Waals surface area contributed by atoms with E-state index in [0.29, 0.717) is 45.1 Å². The number of anilines is 1. The number of hydrogen-bond acceptors (Lipinski definition) is 6. The number of nitrogens with zero attached hydrogens (tertiary/aromatic N) is 5. The van der Waals surface area contributed by atoms with E-state index in [0.717, 1.165) is 5.56 Å². The van der Waals surface area contributed by atoms with Crippen molar-refractivity contribution in [3.05, 3.63) is 63.8 Å². The fraction of sp³-hybridized carbons (Fsp3) is 0.409. The van der Waals surface area contributed by atoms with Gasteiger partial charge >= 0.3 is 0 Å². The Labute approximate surface area is 180 Å². The van der Waals surface area contributed by atoms with Crippen molar-refractivity contribution in [2.24, 2.45) is 5.92 Å². The van der Waals surface area contributed by atoms with Gasteiger partial charge in [0.2, 0.25) is 11.8 Å². The summed E-state index contributed by atoms with van der Waals surface area (Å²) in [6.45, 7) is 5.30. The molecule has 31 heavy (non-hydrogen) atoms. The minimum Gasteiger partial charge on any atom is -0.353 e. The van der Waals surface area contributed by atoms with Crippen LogP contribution in [0, 0.1) is 23.0 Å². The average Bonchev–Trinajstić information content (AvgIpc) is 3.15. The molecule has 162 valence electrons. The lowest BCUT2D eigenvalue weighted by Gasteiger charge is -2.36. The van der Waals surface area contributed by atoms with Gasteiger partial charge in [0, 0.05) is 51.8 Å². The quantitative estimate of drug-likeness (QED) is 0.539. The molecule has 1 aromatic heterocycles. The first-order valence-corrected chi connectivity index (χ1v) is 10.4. The van der Waals surface area contributed by atoms with Gasteiger partial charge in [-0.3, -0.25) is 19.7 Å². The van der Waals surface area contributed by atoms with E-state index in [9.17, 15) is 19.7 Å². The Morgan fingerprint density at radius 3 is 2.45 bits per heavy atom. The molecule has 1 atom stereocenters. The summed E-state index contributed by atoms with van der Waals surface area (Å²) in [5, 5.41) is 10.8. The van der Waals surface area contributed by atoms with E-state index in [1.165, 1.54) is 17.8 Å². The summed E-state index contributed by atoms with van der Waals surface area (Å²) in [5.41, 5.74) is 2.20. The lowest BCUT2D eigenvalue weighted by Crippen LogP contribution is -2.50. The van der Waals surface area contributed by atoms with Crippen LogP contribution < -0.4 is 4.90 Å². The van der Waals surface area contributed by atoms with Crippen molar-refractivity contribution in [2.45, 2.75) is 19.9 Å². The molecule has 2 fully saturated rings. The number of rotatable bonds is 5. The van der Waals surface area contributed by atoms with Gasteiger partial charge in [-0.05, 0) is 18.6 Å². The normalized spacial score (nSPS) is 19.1. The number of carbonyl (C=O) groups is 2. The van der Waals surface area contributed by atoms with Gasteiger partial charge < -0.3 is 14.7 Å². The van der Waals surface area contributed by atoms with Gasteiger partial charge in [0.25, 0.3) is 5.69 Å². The number of pyridine rings is 1. The molecular weight excluding hydrogens is 398 g/mol. The minimum absolute atomic E-state index is 0.0210. The van der Waals surface area contributed by atoms with Gasteiger partial charge in [-0.2, -0.15) is 0 Å². The second-order valence-corrected chi connectivity index (χ2v) is 8.10. The molecule has 2 amide bonds. The topological polar surface area (TPSA) is 99.9 Å². The first-order valence-electron chi connectivity index (χ1n) is 10.4. The molecule has 9 heteroatoms. The van der Waals surface area contributed by atoms with Crippen molar-refractivity contribution in [3.8, 4) is 0 Å². The molecule has 2 aromatic rings. The maximum Gasteiger partial charge on any atom is 0.287 e. The molecular formula is C22H25N5O4. The second-order valence-electron chi connectivity index (χ2n) is 8.10. The third kappa shape index (κ3) is 4.65. The van der Waals surface area contributed by atoms with E-state index in [2.05, 4.69) is 4.98 Å². The second kappa shape index (κ2) is 8.71. The standard InChI is InChI=1S/C22H25N5O4/c1-16-2-4-17(5-3-16)14-26-15-18(12-21(26)28)22(29)25-10-8-24(9-11-25)20-7-6-19(13-23-20)27(30)31/h2-7,13,18H,8-12,14-15H2,1H3. The zero-order chi connectivity index (χ0) is 22.0. The maximum absolute atomic E-state index is 13.0. The van der Waals surface area contributed by atoms with Crippen LogP contribution in [0.1, 0.15) is 17.5 Å². The van der Waals surface area contributed by atoms with Gasteiger partial charge in [0.15, 0.2) is 0 Å². The largest absolute Gasteiger partial charge is 0.353 e. The Kier molecular flexibility index (Phi) is 5.83. The van der Waals surface area contributed by atoms with Gasteiger partial charge in [-0.15, -0.1) is 0 Å². The highest BCUT2D eigenvalue weighted by Gasteiger charge is 2.37. The molecule has 3 heterocycles. The van der Waals surface area contributed by atoms with Crippen LogP contribution in [-0.2, 0) is 16.1 Å². The highest BCUT2D eigenvalue weighted by Crippen LogP contribution is 2.24. The Balaban J connectivity index is 1.31. The van der Waals surface area contributed by atoms with Crippen molar-refractivity contribution < 1.29 is 14.5 Å². The number of aryl methyl sites for hydroxylation is 1. The van der Waals surface area contributed by atoms with Crippen LogP contribution in [0.15, 0.2) is 42.6 Å². The van der Waals surface area contributed by atoms with Crippen LogP contribution in [0.25, 0.3) is 0 Å². The average molecular weight is 423 g/mol. The fourth-order valence-electron chi connectivity index (χ4n) is 4.09. The number of carbonyl (C=O) groups excluding carboxylic acids is 2. The zero-order valence-electron chi connectivity index (χ0n) is 17.4. The Morgan fingerprint density at radius 1 is 1.13 bits per heavy atom. The lowest BCUT2D eigenvalue weighted by molar-refractivity contribution is -0.385. The van der Waals surface area contributed by atoms with Crippen molar-refractivity contribution >= 4 is 23.3 Å². The van der Waals surface area contributed by atoms with Crippen molar-refractivity contribution in [1.29, 1.82) is 0 Å². The van der Waals surface area contributed by atoms with Gasteiger partial charge in [-0.25, -0.2) is 4.98 Å². The van der Waals surface area contributed by atoms with Crippen molar-refractivity contribution in [1.82, 2.24) is 14.8 Å². The van der Waals surface area contributed by atoms with Gasteiger partial charge in [-0.1, -0.05) is 29.8 Å². The number of benzene rings is 1. The molecule has 0 saturated carbocycles. The van der Waals surface area contributed by atoms with Crippen LogP contribution in [0.2, 0.25) is 0 Å². The van der Waals surface area contributed by atoms with E-state index in [4.69, 9.17) is 0 Å². The van der Waals surface area contributed by atoms with Crippen LogP contribution in [0.5, 0.6) is 0 Å². The van der Waals surface area contributed by atoms with Crippen LogP contribution in [0.3, 0.4) is 0 Å². The first-order chi connectivity index (χ1) is 14.9. The van der Waals surface area contributed by atoms with Crippen molar-refractivity contribution in [3.63, 3.8) is 0 Å². The molecule has 2 aliphatic heterocycles. The molecule has 1 unspecified atom stereocenters. The molecule has 0 aliphatic carbocycles. The van der Waals surface area contributed by atoms with Gasteiger partial charge in [0.05, 0.1) is 10.8 Å². The van der Waals surface area contributed by atoms with Gasteiger partial charge in [0.1, 0.15) is 12.0 Å². The summed E-state index contributed by atoms with van der Waals surface area (Å²) in [4.78, 5) is 45.5. The Morgan fingerprint density at radius 2 is 1.84 bits per heavy atom. The third-order valence-electron chi connectivity index (χ3n) is 5.92. The number of likely N-dealkylation sites (tertiary alicyclic amines) is 1. The monoisotopic (exact) mass is 423 g/mol. The molecule has 1 aromatic carbocycles. The van der Waals surface area contributed by atoms with E-state index < -0.39 is 4.92 Å². The molecule has 4 rings (SSSR count). The smallest absolute Gasteiger partial charge is 0.287 e. The molecule has 0 radical (unpaired) electrons. The summed E-state index contributed by atoms with van der Waals surface area (Å²) in [6.07, 6.45) is 1.51. The summed E-state index contributed by atoms with van der Waals surface area (Å²) >= 11 is 0. The van der Waals surface area contributed by atoms with Crippen LogP contribution >= 0.6 is 0 Å². The predicted molar refractivity (Wildman–Crippen MR) is 114 cm³/mol. The molecule has 2 aliphatic rings. The zero-order valence-corrected chi connectivity index (χ0v) is 17.4. The van der Waals surface area contributed by atoms with Crippen LogP contribution in [0.4, 0.5) is 11.5 Å². The Hall–Kier alpha value is -3.49. The molecule has 0 spiro atoms. The number of nitro groups is 1. The molecule has 9 nitrogen and oxygen atoms in total. The summed E-state index contributed by atoms with van der Waals surface area (Å²) < 4.78 is 0. The first kappa shape index (κ1) is 20.8. The minimum atomic E-state index is -0.474. The van der Waals surface area contributed by atoms with Crippen LogP contribution in [-0.4, -0.2) is 64.2 Å². The molecule has 0 N–H and O–H groups in total. The highest BCUT2D eigenvalue weighted by molar-refractivity contribution is 5.89. The number of hydrogen-bond donors (Lipinski definition) is 0. The Bertz CT molecular complexity index is 968. The van der Waals surface area contributed by atoms with E-state index >= 15 is 0 Å². The SMILES string of the molecule is Cc1ccc(CN2CC(C(=O)N3CCN(c4ccc([N+](=O)[O-])cn4)CC3)CC2=O)cc1. The molecule has 0 bridgehead atoms. The number of piperazine rings is 1. The summed E-state index contributed by atoms with van der Waals surface area (Å²) in [6, 6.07) is 11.2. The highest BCUT2D eigenvalue weighted by atomic mass is 16.6. The fourth-order valence-corrected chi connectivity index (χ4v) is 4.09. The molecule has 2 saturated heterocycles.